The van der Waals surface area contributed by atoms with Gasteiger partial charge < -0.3 is 15.2 Å². The topological polar surface area (TPSA) is 77.8 Å². The molecule has 0 bridgehead atoms. The fraction of sp³-hybridized carbons (Fsp3) is 0.286. The summed E-state index contributed by atoms with van der Waals surface area (Å²) in [4.78, 5) is 10.2. The van der Waals surface area contributed by atoms with E-state index in [0.29, 0.717) is 11.0 Å². The Kier molecular flexibility index (Phi) is 86.1. The van der Waals surface area contributed by atoms with Gasteiger partial charge in [0.1, 0.15) is 0 Å². The van der Waals surface area contributed by atoms with Crippen molar-refractivity contribution >= 4 is 18.6 Å². The van der Waals surface area contributed by atoms with E-state index < -0.39 is 13.1 Å². The molecule has 0 saturated heterocycles. The summed E-state index contributed by atoms with van der Waals surface area (Å²) in [6.45, 7) is 42.6. The summed E-state index contributed by atoms with van der Waals surface area (Å²) >= 11 is 0. The van der Waals surface area contributed by atoms with Gasteiger partial charge in [-0.2, -0.15) is 0 Å². The molecule has 0 aromatic heterocycles. The summed E-state index contributed by atoms with van der Waals surface area (Å²) in [6.07, 6.45) is 0. The summed E-state index contributed by atoms with van der Waals surface area (Å²) in [5.74, 6) is -0.879. The first-order valence-electron chi connectivity index (χ1n) is 29.2. The van der Waals surface area contributed by atoms with Crippen LogP contribution in [0, 0.1) is 48.5 Å². The Bertz CT molecular complexity index is 2060. The van der Waals surface area contributed by atoms with Crippen molar-refractivity contribution in [2.45, 2.75) is 153 Å². The van der Waals surface area contributed by atoms with Crippen LogP contribution in [0.3, 0.4) is 0 Å². The Balaban J connectivity index is -0.000000122. The molecule has 450 valence electrons. The van der Waals surface area contributed by atoms with Crippen LogP contribution in [0.5, 0.6) is 0 Å². The van der Waals surface area contributed by atoms with Gasteiger partial charge in [-0.3, -0.25) is 0 Å². The Morgan fingerprint density at radius 3 is 0.439 bits per heavy atom. The van der Waals surface area contributed by atoms with Crippen molar-refractivity contribution in [3.8, 4) is 0 Å². The van der Waals surface area contributed by atoms with Gasteiger partial charge in [0.15, 0.2) is 0 Å². The Hall–Kier alpha value is -7.57. The largest absolute Gasteiger partial charge is 0.488 e. The van der Waals surface area contributed by atoms with Gasteiger partial charge in [-0.05, 0) is 66.1 Å². The number of carboxylic acids is 1. The number of rotatable bonds is 2. The van der Waals surface area contributed by atoms with E-state index in [1.807, 2.05) is 230 Å². The summed E-state index contributed by atoms with van der Waals surface area (Å²) in [5, 5.41) is 25.5. The molecule has 82 heavy (non-hydrogen) atoms. The number of hydrogen-bond donors (Lipinski definition) is 3. The van der Waals surface area contributed by atoms with Crippen molar-refractivity contribution in [3.05, 3.63) is 317 Å². The molecular weight excluding hydrogens is 1000 g/mol. The van der Waals surface area contributed by atoms with Crippen molar-refractivity contribution in [1.29, 1.82) is 0 Å². The highest BCUT2D eigenvalue weighted by atomic mass is 16.4. The molecule has 9 aromatic rings. The maximum absolute atomic E-state index is 10.2. The van der Waals surface area contributed by atoms with Crippen LogP contribution in [0.15, 0.2) is 273 Å². The summed E-state index contributed by atoms with van der Waals surface area (Å²) < 4.78 is 0. The van der Waals surface area contributed by atoms with Gasteiger partial charge >= 0.3 is 13.1 Å². The third-order valence-electron chi connectivity index (χ3n) is 8.70. The minimum Gasteiger partial charge on any atom is -0.478 e. The Morgan fingerprint density at radius 2 is 0.366 bits per heavy atom. The first-order valence-corrected chi connectivity index (χ1v) is 29.2. The highest BCUT2D eigenvalue weighted by Crippen LogP contribution is 1.98. The first-order chi connectivity index (χ1) is 39.4. The molecule has 0 aliphatic heterocycles. The molecule has 0 fully saturated rings. The lowest BCUT2D eigenvalue weighted by Crippen LogP contribution is -2.29. The van der Waals surface area contributed by atoms with E-state index in [1.54, 1.807) is 54.6 Å². The molecule has 0 heterocycles. The van der Waals surface area contributed by atoms with Crippen molar-refractivity contribution in [2.75, 3.05) is 0 Å². The number of benzene rings is 9. The molecule has 5 heteroatoms. The maximum atomic E-state index is 10.2. The maximum Gasteiger partial charge on any atom is 0.488 e. The van der Waals surface area contributed by atoms with E-state index in [9.17, 15) is 4.79 Å². The van der Waals surface area contributed by atoms with Crippen LogP contribution in [-0.2, 0) is 0 Å². The highest BCUT2D eigenvalue weighted by molar-refractivity contribution is 6.58. The van der Waals surface area contributed by atoms with Crippen LogP contribution in [0.4, 0.5) is 0 Å². The van der Waals surface area contributed by atoms with E-state index >= 15 is 0 Å². The SMILES string of the molecule is C.CC.CC.CC.CC.CC.CC.CC.Cc1ccccc1.Cc1ccccc1.Cc1ccccc1.Cc1ccccc1.Cc1ccccc1.Cc1ccccc1.Cc1ccccc1.O=C(O)c1ccccc1.OB(O)c1ccccc1. The van der Waals surface area contributed by atoms with E-state index in [-0.39, 0.29) is 7.43 Å². The van der Waals surface area contributed by atoms with E-state index in [0.717, 1.165) is 0 Å². The highest BCUT2D eigenvalue weighted by Gasteiger charge is 2.07. The fourth-order valence-corrected chi connectivity index (χ4v) is 4.95. The van der Waals surface area contributed by atoms with Gasteiger partial charge in [-0.1, -0.05) is 404 Å². The molecule has 0 aliphatic rings. The van der Waals surface area contributed by atoms with Gasteiger partial charge in [0.05, 0.1) is 5.56 Å². The van der Waals surface area contributed by atoms with Gasteiger partial charge in [0.25, 0.3) is 0 Å². The molecule has 0 aliphatic carbocycles. The molecule has 4 nitrogen and oxygen atoms in total. The lowest BCUT2D eigenvalue weighted by atomic mass is 9.81. The average molecular weight is 1120 g/mol. The number of carbonyl (C=O) groups is 1. The Labute approximate surface area is 506 Å². The quantitative estimate of drug-likeness (QED) is 0.151. The number of aromatic carboxylic acids is 1. The van der Waals surface area contributed by atoms with E-state index in [4.69, 9.17) is 15.2 Å². The predicted molar refractivity (Wildman–Crippen MR) is 374 cm³/mol. The smallest absolute Gasteiger partial charge is 0.478 e. The third kappa shape index (κ3) is 70.4. The van der Waals surface area contributed by atoms with Crippen LogP contribution in [0.1, 0.15) is 154 Å². The molecule has 0 saturated carbocycles. The summed E-state index contributed by atoms with van der Waals surface area (Å²) in [6, 6.07) is 88.8. The normalized spacial score (nSPS) is 7.70. The van der Waals surface area contributed by atoms with E-state index in [2.05, 4.69) is 133 Å². The Morgan fingerprint density at radius 1 is 0.244 bits per heavy atom. The number of carboxylic acid groups (broad SMARTS) is 1. The molecule has 0 unspecified atom stereocenters. The van der Waals surface area contributed by atoms with Crippen LogP contribution in [0.25, 0.3) is 0 Å². The molecular formula is C77H115BO4. The lowest BCUT2D eigenvalue weighted by Gasteiger charge is -1.94. The third-order valence-corrected chi connectivity index (χ3v) is 8.70. The minimum absolute atomic E-state index is 0. The van der Waals surface area contributed by atoms with Gasteiger partial charge in [0.2, 0.25) is 0 Å². The van der Waals surface area contributed by atoms with Crippen LogP contribution in [-0.4, -0.2) is 28.2 Å². The van der Waals surface area contributed by atoms with Crippen molar-refractivity contribution in [3.63, 3.8) is 0 Å². The van der Waals surface area contributed by atoms with Crippen LogP contribution >= 0.6 is 0 Å². The molecule has 9 aromatic carbocycles. The lowest BCUT2D eigenvalue weighted by molar-refractivity contribution is 0.0696. The van der Waals surface area contributed by atoms with Gasteiger partial charge in [-0.25, -0.2) is 4.79 Å². The van der Waals surface area contributed by atoms with Gasteiger partial charge in [0, 0.05) is 0 Å². The zero-order valence-electron chi connectivity index (χ0n) is 54.3. The monoisotopic (exact) mass is 1110 g/mol. The number of aryl methyl sites for hydroxylation is 7. The predicted octanol–water partition coefficient (Wildman–Crippen LogP) is 22.5. The fourth-order valence-electron chi connectivity index (χ4n) is 4.95. The van der Waals surface area contributed by atoms with Crippen molar-refractivity contribution < 1.29 is 19.9 Å². The van der Waals surface area contributed by atoms with Crippen molar-refractivity contribution in [2.24, 2.45) is 0 Å². The van der Waals surface area contributed by atoms with E-state index in [1.165, 1.54) is 38.9 Å². The first kappa shape index (κ1) is 90.9. The molecule has 9 rings (SSSR count). The van der Waals surface area contributed by atoms with Gasteiger partial charge in [-0.15, -0.1) is 0 Å². The van der Waals surface area contributed by atoms with Crippen molar-refractivity contribution in [1.82, 2.24) is 0 Å². The minimum atomic E-state index is -1.34. The average Bonchev–Trinajstić information content (AvgIpc) is 3.54. The summed E-state index contributed by atoms with van der Waals surface area (Å²) in [7, 11) is -1.34. The molecule has 3 N–H and O–H groups in total. The zero-order chi connectivity index (χ0) is 63.2. The molecule has 0 spiro atoms. The standard InChI is InChI=1S/C7H6O2.7C7H8.C6H7BO2.7C2H6.CH4/c8-7(9)6-4-2-1-3-5-6;7*1-7-5-3-2-4-6-7;8-7(9)6-4-2-1-3-5-6;7*1-2;/h1-5H,(H,8,9);7*2-6H,1H3;1-5,8-9H;7*1-2H3;1H4. The summed E-state index contributed by atoms with van der Waals surface area (Å²) in [5.41, 5.74) is 10.1. The van der Waals surface area contributed by atoms with Crippen LogP contribution < -0.4 is 5.46 Å². The second-order valence-electron chi connectivity index (χ2n) is 15.0. The molecule has 0 atom stereocenters. The second kappa shape index (κ2) is 77.7. The van der Waals surface area contributed by atoms with Crippen LogP contribution in [0.2, 0.25) is 0 Å². The number of hydrogen-bond acceptors (Lipinski definition) is 3. The second-order valence-corrected chi connectivity index (χ2v) is 15.0. The molecule has 0 radical (unpaired) electrons. The molecule has 0 amide bonds. The zero-order valence-corrected chi connectivity index (χ0v) is 54.3.